The summed E-state index contributed by atoms with van der Waals surface area (Å²) in [6, 6.07) is 16.2. The Labute approximate surface area is 128 Å². The van der Waals surface area contributed by atoms with Crippen LogP contribution in [0.15, 0.2) is 53.3 Å². The first-order valence-corrected chi connectivity index (χ1v) is 7.51. The molecule has 0 spiro atoms. The molecule has 2 aromatic carbocycles. The lowest BCUT2D eigenvalue weighted by Crippen LogP contribution is -2.29. The van der Waals surface area contributed by atoms with E-state index < -0.39 is 0 Å². The highest BCUT2D eigenvalue weighted by Gasteiger charge is 2.20. The van der Waals surface area contributed by atoms with Gasteiger partial charge in [-0.25, -0.2) is 4.98 Å². The maximum atomic E-state index is 12.6. The summed E-state index contributed by atoms with van der Waals surface area (Å²) in [5.41, 5.74) is 4.91. The second kappa shape index (κ2) is 4.98. The van der Waals surface area contributed by atoms with Gasteiger partial charge in [0.25, 0.3) is 5.56 Å². The van der Waals surface area contributed by atoms with Gasteiger partial charge in [0.05, 0.1) is 17.6 Å². The first-order valence-electron chi connectivity index (χ1n) is 7.51. The average Bonchev–Trinajstić information content (AvgIpc) is 2.96. The fraction of sp³-hybridized carbons (Fsp3) is 0.222. The third kappa shape index (κ3) is 1.99. The molecule has 3 aromatic rings. The molecule has 1 aromatic heterocycles. The molecule has 0 atom stereocenters. The van der Waals surface area contributed by atoms with Crippen molar-refractivity contribution in [1.29, 1.82) is 0 Å². The summed E-state index contributed by atoms with van der Waals surface area (Å²) in [5, 5.41) is 0. The first-order chi connectivity index (χ1) is 10.7. The van der Waals surface area contributed by atoms with Crippen LogP contribution in [0.4, 0.5) is 5.69 Å². The summed E-state index contributed by atoms with van der Waals surface area (Å²) < 4.78 is 1.69. The molecule has 22 heavy (non-hydrogen) atoms. The van der Waals surface area contributed by atoms with E-state index in [9.17, 15) is 4.79 Å². The zero-order valence-electron chi connectivity index (χ0n) is 12.5. The van der Waals surface area contributed by atoms with Gasteiger partial charge in [0, 0.05) is 19.3 Å². The number of para-hydroxylation sites is 3. The van der Waals surface area contributed by atoms with Crippen LogP contribution in [-0.4, -0.2) is 16.1 Å². The van der Waals surface area contributed by atoms with Gasteiger partial charge in [-0.15, -0.1) is 0 Å². The maximum absolute atomic E-state index is 12.6. The summed E-state index contributed by atoms with van der Waals surface area (Å²) in [7, 11) is 1.81. The molecule has 1 aliphatic heterocycles. The Kier molecular flexibility index (Phi) is 2.96. The molecule has 0 amide bonds. The third-order valence-corrected chi connectivity index (χ3v) is 4.37. The quantitative estimate of drug-likeness (QED) is 0.728. The molecule has 0 N–H and O–H groups in total. The molecule has 4 rings (SSSR count). The van der Waals surface area contributed by atoms with E-state index >= 15 is 0 Å². The van der Waals surface area contributed by atoms with Gasteiger partial charge in [-0.3, -0.25) is 4.79 Å². The number of benzene rings is 2. The molecule has 1 aliphatic rings. The van der Waals surface area contributed by atoms with Crippen LogP contribution >= 0.6 is 0 Å². The normalized spacial score (nSPS) is 13.6. The first kappa shape index (κ1) is 13.1. The van der Waals surface area contributed by atoms with E-state index in [2.05, 4.69) is 28.1 Å². The zero-order valence-corrected chi connectivity index (χ0v) is 12.5. The summed E-state index contributed by atoms with van der Waals surface area (Å²) in [5.74, 6) is 0. The molecule has 0 fully saturated rings. The number of fused-ring (bicyclic) bond motifs is 2. The maximum Gasteiger partial charge on any atom is 0.274 e. The monoisotopic (exact) mass is 291 g/mol. The van der Waals surface area contributed by atoms with Gasteiger partial charge in [0.15, 0.2) is 0 Å². The Morgan fingerprint density at radius 3 is 2.77 bits per heavy atom. The number of aromatic nitrogens is 2. The van der Waals surface area contributed by atoms with Crippen molar-refractivity contribution in [1.82, 2.24) is 9.55 Å². The van der Waals surface area contributed by atoms with E-state index in [0.29, 0.717) is 12.2 Å². The highest BCUT2D eigenvalue weighted by molar-refractivity contribution is 5.74. The number of hydrogen-bond donors (Lipinski definition) is 0. The fourth-order valence-corrected chi connectivity index (χ4v) is 3.19. The minimum Gasteiger partial charge on any atom is -0.365 e. The van der Waals surface area contributed by atoms with Crippen LogP contribution in [0, 0.1) is 0 Å². The topological polar surface area (TPSA) is 38.1 Å². The van der Waals surface area contributed by atoms with Crippen LogP contribution in [0.1, 0.15) is 11.3 Å². The van der Waals surface area contributed by atoms with Gasteiger partial charge in [-0.1, -0.05) is 30.3 Å². The standard InChI is InChI=1S/C18H17N3O/c1-20-17-9-5-3-7-14(17)19-15(18(20)22)12-21-11-10-13-6-2-4-8-16(13)21/h2-9H,10-12H2,1H3. The van der Waals surface area contributed by atoms with E-state index in [4.69, 9.17) is 0 Å². The predicted molar refractivity (Wildman–Crippen MR) is 88.2 cm³/mol. The van der Waals surface area contributed by atoms with E-state index in [1.807, 2.05) is 37.4 Å². The highest BCUT2D eigenvalue weighted by Crippen LogP contribution is 2.28. The van der Waals surface area contributed by atoms with Crippen LogP contribution in [0.5, 0.6) is 0 Å². The molecule has 0 saturated carbocycles. The molecule has 4 nitrogen and oxygen atoms in total. The lowest BCUT2D eigenvalue weighted by atomic mass is 10.2. The second-order valence-electron chi connectivity index (χ2n) is 5.71. The van der Waals surface area contributed by atoms with E-state index in [1.165, 1.54) is 11.3 Å². The largest absolute Gasteiger partial charge is 0.365 e. The van der Waals surface area contributed by atoms with Crippen molar-refractivity contribution in [3.63, 3.8) is 0 Å². The predicted octanol–water partition coefficient (Wildman–Crippen LogP) is 2.50. The Bertz CT molecular complexity index is 914. The molecule has 0 unspecified atom stereocenters. The SMILES string of the molecule is Cn1c(=O)c(CN2CCc3ccccc32)nc2ccccc21. The summed E-state index contributed by atoms with van der Waals surface area (Å²) in [6.07, 6.45) is 1.03. The molecular formula is C18H17N3O. The number of hydrogen-bond acceptors (Lipinski definition) is 3. The van der Waals surface area contributed by atoms with Gasteiger partial charge >= 0.3 is 0 Å². The molecule has 0 radical (unpaired) electrons. The lowest BCUT2D eigenvalue weighted by molar-refractivity contribution is 0.777. The lowest BCUT2D eigenvalue weighted by Gasteiger charge is -2.19. The number of rotatable bonds is 2. The van der Waals surface area contributed by atoms with E-state index in [-0.39, 0.29) is 5.56 Å². The minimum atomic E-state index is -0.0110. The number of aryl methyl sites for hydroxylation is 1. The van der Waals surface area contributed by atoms with Gasteiger partial charge in [-0.2, -0.15) is 0 Å². The number of nitrogens with zero attached hydrogens (tertiary/aromatic N) is 3. The molecule has 0 aliphatic carbocycles. The molecule has 4 heteroatoms. The van der Waals surface area contributed by atoms with Crippen LogP contribution in [0.3, 0.4) is 0 Å². The van der Waals surface area contributed by atoms with Crippen LogP contribution in [-0.2, 0) is 20.0 Å². The smallest absolute Gasteiger partial charge is 0.274 e. The Morgan fingerprint density at radius 1 is 1.09 bits per heavy atom. The molecule has 110 valence electrons. The van der Waals surface area contributed by atoms with Crippen LogP contribution in [0.25, 0.3) is 11.0 Å². The molecule has 2 heterocycles. The van der Waals surface area contributed by atoms with Crippen molar-refractivity contribution < 1.29 is 0 Å². The van der Waals surface area contributed by atoms with Crippen LogP contribution < -0.4 is 10.5 Å². The van der Waals surface area contributed by atoms with E-state index in [1.54, 1.807) is 4.57 Å². The highest BCUT2D eigenvalue weighted by atomic mass is 16.1. The van der Waals surface area contributed by atoms with E-state index in [0.717, 1.165) is 24.0 Å². The van der Waals surface area contributed by atoms with Gasteiger partial charge in [-0.05, 0) is 30.2 Å². The van der Waals surface area contributed by atoms with Crippen molar-refractivity contribution in [2.24, 2.45) is 7.05 Å². The van der Waals surface area contributed by atoms with Crippen molar-refractivity contribution in [3.05, 3.63) is 70.1 Å². The van der Waals surface area contributed by atoms with Crippen molar-refractivity contribution in [2.45, 2.75) is 13.0 Å². The minimum absolute atomic E-state index is 0.0110. The molecule has 0 bridgehead atoms. The van der Waals surface area contributed by atoms with Crippen molar-refractivity contribution >= 4 is 16.7 Å². The second-order valence-corrected chi connectivity index (χ2v) is 5.71. The Hall–Kier alpha value is -2.62. The number of anilines is 1. The van der Waals surface area contributed by atoms with Gasteiger partial charge in [0.1, 0.15) is 5.69 Å². The van der Waals surface area contributed by atoms with Gasteiger partial charge < -0.3 is 9.47 Å². The third-order valence-electron chi connectivity index (χ3n) is 4.37. The molecule has 0 saturated heterocycles. The fourth-order valence-electron chi connectivity index (χ4n) is 3.19. The van der Waals surface area contributed by atoms with Crippen molar-refractivity contribution in [2.75, 3.05) is 11.4 Å². The summed E-state index contributed by atoms with van der Waals surface area (Å²) in [4.78, 5) is 19.4. The Morgan fingerprint density at radius 2 is 1.86 bits per heavy atom. The van der Waals surface area contributed by atoms with Crippen molar-refractivity contribution in [3.8, 4) is 0 Å². The summed E-state index contributed by atoms with van der Waals surface area (Å²) >= 11 is 0. The van der Waals surface area contributed by atoms with Crippen LogP contribution in [0.2, 0.25) is 0 Å². The Balaban J connectivity index is 1.77. The summed E-state index contributed by atoms with van der Waals surface area (Å²) in [6.45, 7) is 1.51. The van der Waals surface area contributed by atoms with Gasteiger partial charge in [0.2, 0.25) is 0 Å². The average molecular weight is 291 g/mol. The zero-order chi connectivity index (χ0) is 15.1. The molecular weight excluding hydrogens is 274 g/mol.